The molecule has 0 saturated carbocycles. The van der Waals surface area contributed by atoms with E-state index in [1.165, 1.54) is 11.1 Å². The van der Waals surface area contributed by atoms with Gasteiger partial charge in [0, 0.05) is 18.9 Å². The van der Waals surface area contributed by atoms with Crippen LogP contribution in [0.25, 0.3) is 0 Å². The molecule has 2 rings (SSSR count). The van der Waals surface area contributed by atoms with Crippen LogP contribution in [0.1, 0.15) is 17.5 Å². The van der Waals surface area contributed by atoms with Crippen molar-refractivity contribution in [3.05, 3.63) is 53.6 Å². The van der Waals surface area contributed by atoms with Crippen molar-refractivity contribution >= 4 is 11.6 Å². The van der Waals surface area contributed by atoms with E-state index in [0.717, 1.165) is 5.75 Å². The van der Waals surface area contributed by atoms with Crippen molar-refractivity contribution in [3.63, 3.8) is 0 Å². The Bertz CT molecular complexity index is 700. The van der Waals surface area contributed by atoms with Crippen LogP contribution in [0.5, 0.6) is 11.5 Å². The van der Waals surface area contributed by atoms with E-state index in [1.807, 2.05) is 43.3 Å². The van der Waals surface area contributed by atoms with Gasteiger partial charge in [0.15, 0.2) is 0 Å². The van der Waals surface area contributed by atoms with Crippen LogP contribution in [-0.2, 0) is 9.53 Å². The van der Waals surface area contributed by atoms with E-state index in [2.05, 4.69) is 12.2 Å². The van der Waals surface area contributed by atoms with Crippen molar-refractivity contribution in [2.75, 3.05) is 32.2 Å². The van der Waals surface area contributed by atoms with Crippen molar-refractivity contribution < 1.29 is 19.0 Å². The molecule has 0 radical (unpaired) electrons. The third-order valence-electron chi connectivity index (χ3n) is 3.75. The molecule has 0 aliphatic carbocycles. The highest BCUT2D eigenvalue weighted by atomic mass is 16.5. The van der Waals surface area contributed by atoms with E-state index in [0.29, 0.717) is 31.3 Å². The van der Waals surface area contributed by atoms with Crippen LogP contribution in [0, 0.1) is 13.8 Å². The van der Waals surface area contributed by atoms with Gasteiger partial charge in [0.05, 0.1) is 19.6 Å². The van der Waals surface area contributed by atoms with Gasteiger partial charge in [0.25, 0.3) is 0 Å². The van der Waals surface area contributed by atoms with Gasteiger partial charge in [-0.3, -0.25) is 4.79 Å². The van der Waals surface area contributed by atoms with Crippen molar-refractivity contribution in [2.24, 2.45) is 0 Å². The largest absolute Gasteiger partial charge is 0.493 e. The van der Waals surface area contributed by atoms with Gasteiger partial charge < -0.3 is 19.5 Å². The molecule has 2 aromatic carbocycles. The van der Waals surface area contributed by atoms with E-state index >= 15 is 0 Å². The first-order chi connectivity index (χ1) is 12.1. The molecule has 0 bridgehead atoms. The zero-order valence-electron chi connectivity index (χ0n) is 15.0. The number of ether oxygens (including phenoxy) is 3. The summed E-state index contributed by atoms with van der Waals surface area (Å²) >= 11 is 0. The number of carbonyl (C=O) groups is 1. The molecule has 0 fully saturated rings. The van der Waals surface area contributed by atoms with Gasteiger partial charge in [-0.25, -0.2) is 0 Å². The van der Waals surface area contributed by atoms with E-state index in [4.69, 9.17) is 14.2 Å². The first-order valence-corrected chi connectivity index (χ1v) is 8.30. The van der Waals surface area contributed by atoms with Crippen LogP contribution < -0.4 is 14.8 Å². The third-order valence-corrected chi connectivity index (χ3v) is 3.75. The minimum absolute atomic E-state index is 0.0992. The van der Waals surface area contributed by atoms with Crippen LogP contribution >= 0.6 is 0 Å². The molecule has 1 amide bonds. The molecule has 0 aromatic heterocycles. The number of nitrogens with one attached hydrogen (secondary N) is 1. The summed E-state index contributed by atoms with van der Waals surface area (Å²) in [6.07, 6.45) is 0.279. The van der Waals surface area contributed by atoms with E-state index in [-0.39, 0.29) is 12.3 Å². The lowest BCUT2D eigenvalue weighted by Crippen LogP contribution is -2.15. The minimum Gasteiger partial charge on any atom is -0.493 e. The lowest BCUT2D eigenvalue weighted by molar-refractivity contribution is -0.116. The van der Waals surface area contributed by atoms with Crippen molar-refractivity contribution in [2.45, 2.75) is 20.3 Å². The normalized spacial score (nSPS) is 10.4. The summed E-state index contributed by atoms with van der Waals surface area (Å²) in [7, 11) is 1.62. The predicted molar refractivity (Wildman–Crippen MR) is 98.5 cm³/mol. The van der Waals surface area contributed by atoms with E-state index < -0.39 is 0 Å². The maximum absolute atomic E-state index is 12.0. The molecule has 0 spiro atoms. The molecule has 0 aliphatic heterocycles. The fraction of sp³-hybridized carbons (Fsp3) is 0.350. The number of carbonyl (C=O) groups excluding carboxylic acids is 1. The van der Waals surface area contributed by atoms with Crippen molar-refractivity contribution in [1.82, 2.24) is 0 Å². The first kappa shape index (κ1) is 18.8. The lowest BCUT2D eigenvalue weighted by atomic mass is 10.1. The summed E-state index contributed by atoms with van der Waals surface area (Å²) in [6, 6.07) is 13.2. The summed E-state index contributed by atoms with van der Waals surface area (Å²) in [5, 5.41) is 2.85. The average molecular weight is 343 g/mol. The molecule has 0 aliphatic rings. The lowest BCUT2D eigenvalue weighted by Gasteiger charge is -2.10. The van der Waals surface area contributed by atoms with Crippen LogP contribution in [0.4, 0.5) is 5.69 Å². The molecular formula is C20H25NO4. The predicted octanol–water partition coefficient (Wildman–Crippen LogP) is 3.74. The minimum atomic E-state index is -0.0992. The SMILES string of the molecule is COCCOc1cccc(NC(=O)CCOc2ccc(C)c(C)c2)c1. The monoisotopic (exact) mass is 343 g/mol. The number of benzene rings is 2. The molecular weight excluding hydrogens is 318 g/mol. The van der Waals surface area contributed by atoms with Gasteiger partial charge in [-0.05, 0) is 49.2 Å². The topological polar surface area (TPSA) is 56.8 Å². The molecule has 5 nitrogen and oxygen atoms in total. The Labute approximate surface area is 148 Å². The van der Waals surface area contributed by atoms with Crippen LogP contribution in [0.15, 0.2) is 42.5 Å². The van der Waals surface area contributed by atoms with Crippen LogP contribution in [-0.4, -0.2) is 32.8 Å². The Hall–Kier alpha value is -2.53. The summed E-state index contributed by atoms with van der Waals surface area (Å²) < 4.78 is 16.1. The van der Waals surface area contributed by atoms with Gasteiger partial charge in [0.1, 0.15) is 18.1 Å². The maximum Gasteiger partial charge on any atom is 0.227 e. The number of hydrogen-bond donors (Lipinski definition) is 1. The van der Waals surface area contributed by atoms with E-state index in [9.17, 15) is 4.79 Å². The molecule has 1 N–H and O–H groups in total. The molecule has 0 unspecified atom stereocenters. The van der Waals surface area contributed by atoms with Gasteiger partial charge in [-0.1, -0.05) is 12.1 Å². The molecule has 25 heavy (non-hydrogen) atoms. The Kier molecular flexibility index (Phi) is 7.29. The third kappa shape index (κ3) is 6.47. The highest BCUT2D eigenvalue weighted by Crippen LogP contribution is 2.18. The fourth-order valence-corrected chi connectivity index (χ4v) is 2.20. The fourth-order valence-electron chi connectivity index (χ4n) is 2.20. The molecule has 0 saturated heterocycles. The van der Waals surface area contributed by atoms with Gasteiger partial charge in [-0.2, -0.15) is 0 Å². The second-order valence-corrected chi connectivity index (χ2v) is 5.76. The number of hydrogen-bond acceptors (Lipinski definition) is 4. The Morgan fingerprint density at radius 2 is 1.68 bits per heavy atom. The smallest absolute Gasteiger partial charge is 0.227 e. The number of methoxy groups -OCH3 is 1. The summed E-state index contributed by atoms with van der Waals surface area (Å²) in [6.45, 7) is 5.42. The van der Waals surface area contributed by atoms with Gasteiger partial charge in [-0.15, -0.1) is 0 Å². The second-order valence-electron chi connectivity index (χ2n) is 5.76. The van der Waals surface area contributed by atoms with Crippen LogP contribution in [0.3, 0.4) is 0 Å². The summed E-state index contributed by atoms with van der Waals surface area (Å²) in [5.74, 6) is 1.38. The van der Waals surface area contributed by atoms with Crippen molar-refractivity contribution in [3.8, 4) is 11.5 Å². The number of rotatable bonds is 9. The first-order valence-electron chi connectivity index (χ1n) is 8.30. The molecule has 134 valence electrons. The standard InChI is InChI=1S/C20H25NO4/c1-15-7-8-19(13-16(15)2)24-10-9-20(22)21-17-5-4-6-18(14-17)25-12-11-23-3/h4-8,13-14H,9-12H2,1-3H3,(H,21,22). The highest BCUT2D eigenvalue weighted by molar-refractivity contribution is 5.90. The molecule has 0 atom stereocenters. The summed E-state index contributed by atoms with van der Waals surface area (Å²) in [4.78, 5) is 12.0. The average Bonchev–Trinajstić information content (AvgIpc) is 2.59. The Morgan fingerprint density at radius 1 is 0.920 bits per heavy atom. The molecule has 5 heteroatoms. The molecule has 2 aromatic rings. The molecule has 0 heterocycles. The summed E-state index contributed by atoms with van der Waals surface area (Å²) in [5.41, 5.74) is 3.09. The zero-order chi connectivity index (χ0) is 18.1. The Morgan fingerprint density at radius 3 is 2.44 bits per heavy atom. The Balaban J connectivity index is 1.77. The number of anilines is 1. The highest BCUT2D eigenvalue weighted by Gasteiger charge is 2.05. The van der Waals surface area contributed by atoms with Gasteiger partial charge in [0.2, 0.25) is 5.91 Å². The zero-order valence-corrected chi connectivity index (χ0v) is 15.0. The number of amides is 1. The maximum atomic E-state index is 12.0. The van der Waals surface area contributed by atoms with Gasteiger partial charge >= 0.3 is 0 Å². The number of aryl methyl sites for hydroxylation is 2. The van der Waals surface area contributed by atoms with E-state index in [1.54, 1.807) is 13.2 Å². The quantitative estimate of drug-likeness (QED) is 0.705. The van der Waals surface area contributed by atoms with Crippen LogP contribution in [0.2, 0.25) is 0 Å². The second kappa shape index (κ2) is 9.69. The van der Waals surface area contributed by atoms with Crippen molar-refractivity contribution in [1.29, 1.82) is 0 Å².